The number of rotatable bonds is 7. The van der Waals surface area contributed by atoms with Crippen LogP contribution in [0.1, 0.15) is 47.5 Å². The summed E-state index contributed by atoms with van der Waals surface area (Å²) >= 11 is 0. The molecule has 0 fully saturated rings. The van der Waals surface area contributed by atoms with Crippen molar-refractivity contribution >= 4 is 0 Å². The third-order valence-electron chi connectivity index (χ3n) is 2.29. The highest BCUT2D eigenvalue weighted by Crippen LogP contribution is 2.20. The Bertz CT molecular complexity index is 175. The molecule has 84 valence electrons. The van der Waals surface area contributed by atoms with Gasteiger partial charge in [0.2, 0.25) is 0 Å². The van der Waals surface area contributed by atoms with Gasteiger partial charge in [0.1, 0.15) is 0 Å². The summed E-state index contributed by atoms with van der Waals surface area (Å²) in [6, 6.07) is 0. The highest BCUT2D eigenvalue weighted by Gasteiger charge is 2.25. The summed E-state index contributed by atoms with van der Waals surface area (Å²) < 4.78 is 0. The Kier molecular flexibility index (Phi) is 6.05. The lowest BCUT2D eigenvalue weighted by molar-refractivity contribution is -0.206. The molecular formula is C12H25NO. The molecule has 0 saturated heterocycles. The largest absolute Gasteiger partial charge is 0.294 e. The molecule has 0 aliphatic heterocycles. The van der Waals surface area contributed by atoms with Crippen LogP contribution < -0.4 is 0 Å². The van der Waals surface area contributed by atoms with Crippen molar-refractivity contribution < 1.29 is 4.84 Å². The summed E-state index contributed by atoms with van der Waals surface area (Å²) in [7, 11) is 0. The molecule has 0 aromatic rings. The smallest absolute Gasteiger partial charge is 0.0890 e. The van der Waals surface area contributed by atoms with Crippen LogP contribution in [-0.2, 0) is 4.84 Å². The maximum atomic E-state index is 5.70. The molecule has 0 aliphatic carbocycles. The molecule has 0 bridgehead atoms. The standard InChI is InChI=1S/C12H25NO/c1-7-9-12(5,6)13(8-2)14-10-11(3)4/h3,7-10H2,1-2,4-6H3. The average molecular weight is 199 g/mol. The molecule has 0 heterocycles. The summed E-state index contributed by atoms with van der Waals surface area (Å²) in [5.41, 5.74) is 1.19. The summed E-state index contributed by atoms with van der Waals surface area (Å²) in [6.45, 7) is 16.1. The number of nitrogens with zero attached hydrogens (tertiary/aromatic N) is 1. The molecule has 0 saturated carbocycles. The van der Waals surface area contributed by atoms with Crippen LogP contribution in [-0.4, -0.2) is 23.8 Å². The van der Waals surface area contributed by atoms with Crippen LogP contribution in [0.15, 0.2) is 12.2 Å². The Morgan fingerprint density at radius 1 is 1.36 bits per heavy atom. The third-order valence-corrected chi connectivity index (χ3v) is 2.29. The van der Waals surface area contributed by atoms with Crippen LogP contribution in [0, 0.1) is 0 Å². The summed E-state index contributed by atoms with van der Waals surface area (Å²) in [5.74, 6) is 0. The molecule has 0 unspecified atom stereocenters. The predicted octanol–water partition coefficient (Wildman–Crippen LogP) is 3.39. The Morgan fingerprint density at radius 3 is 2.29 bits per heavy atom. The molecular weight excluding hydrogens is 174 g/mol. The van der Waals surface area contributed by atoms with Crippen molar-refractivity contribution in [1.82, 2.24) is 5.06 Å². The van der Waals surface area contributed by atoms with E-state index < -0.39 is 0 Å². The average Bonchev–Trinajstić information content (AvgIpc) is 2.03. The zero-order valence-corrected chi connectivity index (χ0v) is 10.4. The van der Waals surface area contributed by atoms with Crippen molar-refractivity contribution in [2.75, 3.05) is 13.2 Å². The molecule has 0 aromatic carbocycles. The topological polar surface area (TPSA) is 12.5 Å². The molecule has 0 aromatic heterocycles. The van der Waals surface area contributed by atoms with Crippen molar-refractivity contribution in [2.24, 2.45) is 0 Å². The summed E-state index contributed by atoms with van der Waals surface area (Å²) in [5, 5.41) is 2.06. The lowest BCUT2D eigenvalue weighted by atomic mass is 9.98. The lowest BCUT2D eigenvalue weighted by Gasteiger charge is -2.36. The van der Waals surface area contributed by atoms with Gasteiger partial charge in [0.25, 0.3) is 0 Å². The van der Waals surface area contributed by atoms with E-state index in [1.54, 1.807) is 0 Å². The third kappa shape index (κ3) is 4.77. The van der Waals surface area contributed by atoms with Gasteiger partial charge in [-0.25, -0.2) is 0 Å². The van der Waals surface area contributed by atoms with Crippen molar-refractivity contribution in [3.8, 4) is 0 Å². The van der Waals surface area contributed by atoms with Gasteiger partial charge in [-0.05, 0) is 27.2 Å². The Hall–Kier alpha value is -0.340. The SMILES string of the molecule is C=C(C)CON(CC)C(C)(C)CCC. The van der Waals surface area contributed by atoms with Gasteiger partial charge in [-0.15, -0.1) is 0 Å². The predicted molar refractivity (Wildman–Crippen MR) is 62.1 cm³/mol. The van der Waals surface area contributed by atoms with E-state index in [4.69, 9.17) is 4.84 Å². The second-order valence-electron chi connectivity index (χ2n) is 4.49. The minimum absolute atomic E-state index is 0.124. The monoisotopic (exact) mass is 199 g/mol. The van der Waals surface area contributed by atoms with Crippen LogP contribution in [0.2, 0.25) is 0 Å². The van der Waals surface area contributed by atoms with E-state index in [9.17, 15) is 0 Å². The van der Waals surface area contributed by atoms with Gasteiger partial charge < -0.3 is 0 Å². The van der Waals surface area contributed by atoms with Crippen LogP contribution in [0.5, 0.6) is 0 Å². The first-order valence-corrected chi connectivity index (χ1v) is 5.49. The van der Waals surface area contributed by atoms with Crippen LogP contribution in [0.25, 0.3) is 0 Å². The minimum Gasteiger partial charge on any atom is -0.294 e. The molecule has 14 heavy (non-hydrogen) atoms. The van der Waals surface area contributed by atoms with Gasteiger partial charge in [-0.3, -0.25) is 4.84 Å². The minimum atomic E-state index is 0.124. The second kappa shape index (κ2) is 6.20. The quantitative estimate of drug-likeness (QED) is 0.460. The highest BCUT2D eigenvalue weighted by atomic mass is 16.7. The van der Waals surface area contributed by atoms with Gasteiger partial charge in [0.15, 0.2) is 0 Å². The Labute approximate surface area is 88.9 Å². The fourth-order valence-electron chi connectivity index (χ4n) is 1.62. The van der Waals surface area contributed by atoms with E-state index >= 15 is 0 Å². The first-order chi connectivity index (χ1) is 6.44. The van der Waals surface area contributed by atoms with E-state index in [2.05, 4.69) is 39.3 Å². The molecule has 0 radical (unpaired) electrons. The van der Waals surface area contributed by atoms with Crippen LogP contribution in [0.4, 0.5) is 0 Å². The summed E-state index contributed by atoms with van der Waals surface area (Å²) in [4.78, 5) is 5.70. The Morgan fingerprint density at radius 2 is 1.93 bits per heavy atom. The first kappa shape index (κ1) is 13.7. The number of hydroxylamine groups is 2. The van der Waals surface area contributed by atoms with Gasteiger partial charge in [0, 0.05) is 12.1 Å². The van der Waals surface area contributed by atoms with Gasteiger partial charge in [0.05, 0.1) is 6.61 Å². The molecule has 0 atom stereocenters. The molecule has 0 rings (SSSR count). The van der Waals surface area contributed by atoms with Gasteiger partial charge >= 0.3 is 0 Å². The zero-order chi connectivity index (χ0) is 11.2. The van der Waals surface area contributed by atoms with Crippen molar-refractivity contribution in [3.05, 3.63) is 12.2 Å². The van der Waals surface area contributed by atoms with E-state index in [1.807, 2.05) is 6.92 Å². The van der Waals surface area contributed by atoms with E-state index in [-0.39, 0.29) is 5.54 Å². The maximum absolute atomic E-state index is 5.70. The normalized spacial score (nSPS) is 12.1. The maximum Gasteiger partial charge on any atom is 0.0890 e. The lowest BCUT2D eigenvalue weighted by Crippen LogP contribution is -2.43. The number of hydrogen-bond donors (Lipinski definition) is 0. The van der Waals surface area contributed by atoms with E-state index in [1.165, 1.54) is 6.42 Å². The van der Waals surface area contributed by atoms with E-state index in [0.29, 0.717) is 6.61 Å². The zero-order valence-electron chi connectivity index (χ0n) is 10.4. The second-order valence-corrected chi connectivity index (χ2v) is 4.49. The Balaban J connectivity index is 4.16. The van der Waals surface area contributed by atoms with Crippen molar-refractivity contribution in [3.63, 3.8) is 0 Å². The highest BCUT2D eigenvalue weighted by molar-refractivity contribution is 4.87. The molecule has 2 heteroatoms. The fourth-order valence-corrected chi connectivity index (χ4v) is 1.62. The van der Waals surface area contributed by atoms with Crippen molar-refractivity contribution in [2.45, 2.75) is 53.0 Å². The van der Waals surface area contributed by atoms with Gasteiger partial charge in [-0.2, -0.15) is 5.06 Å². The molecule has 0 N–H and O–H groups in total. The molecule has 0 amide bonds. The fraction of sp³-hybridized carbons (Fsp3) is 0.833. The van der Waals surface area contributed by atoms with Crippen LogP contribution >= 0.6 is 0 Å². The molecule has 2 nitrogen and oxygen atoms in total. The molecule has 0 aliphatic rings. The molecule has 0 spiro atoms. The van der Waals surface area contributed by atoms with Crippen molar-refractivity contribution in [1.29, 1.82) is 0 Å². The summed E-state index contributed by atoms with van der Waals surface area (Å²) in [6.07, 6.45) is 2.33. The number of hydrogen-bond acceptors (Lipinski definition) is 2. The van der Waals surface area contributed by atoms with E-state index in [0.717, 1.165) is 18.5 Å². The van der Waals surface area contributed by atoms with Crippen LogP contribution in [0.3, 0.4) is 0 Å². The van der Waals surface area contributed by atoms with Gasteiger partial charge in [-0.1, -0.05) is 32.4 Å². The first-order valence-electron chi connectivity index (χ1n) is 5.49.